The van der Waals surface area contributed by atoms with Crippen LogP contribution in [-0.2, 0) is 16.1 Å². The average molecular weight is 442 g/mol. The van der Waals surface area contributed by atoms with Crippen LogP contribution < -0.4 is 10.1 Å². The molecule has 158 valence electrons. The van der Waals surface area contributed by atoms with E-state index >= 15 is 0 Å². The third-order valence-corrected chi connectivity index (χ3v) is 6.05. The molecule has 0 aliphatic carbocycles. The first-order valence-electron chi connectivity index (χ1n) is 10.0. The lowest BCUT2D eigenvalue weighted by molar-refractivity contribution is -0.120. The Morgan fingerprint density at radius 3 is 2.75 bits per heavy atom. The van der Waals surface area contributed by atoms with E-state index in [1.165, 1.54) is 11.8 Å². The number of amides is 1. The number of hydrogen-bond acceptors (Lipinski definition) is 6. The van der Waals surface area contributed by atoms with E-state index in [-0.39, 0.29) is 12.5 Å². The van der Waals surface area contributed by atoms with Gasteiger partial charge in [-0.1, -0.05) is 54.2 Å². The number of ether oxygens (including phenoxy) is 2. The van der Waals surface area contributed by atoms with E-state index in [0.717, 1.165) is 21.5 Å². The van der Waals surface area contributed by atoms with Crippen LogP contribution in [0, 0.1) is 0 Å². The highest BCUT2D eigenvalue weighted by atomic mass is 32.2. The van der Waals surface area contributed by atoms with E-state index in [0.29, 0.717) is 17.0 Å². The van der Waals surface area contributed by atoms with E-state index < -0.39 is 11.4 Å². The van der Waals surface area contributed by atoms with Gasteiger partial charge in [-0.2, -0.15) is 0 Å². The average Bonchev–Trinajstić information content (AvgIpc) is 2.83. The summed E-state index contributed by atoms with van der Waals surface area (Å²) in [6, 6.07) is 25.9. The molecular weight excluding hydrogens is 424 g/mol. The number of nitrogens with one attached hydrogen (secondary N) is 1. The monoisotopic (exact) mass is 442 g/mol. The molecule has 1 aliphatic rings. The van der Waals surface area contributed by atoms with Crippen molar-refractivity contribution >= 4 is 40.2 Å². The van der Waals surface area contributed by atoms with E-state index in [1.54, 1.807) is 24.3 Å². The molecule has 1 atom stereocenters. The molecule has 3 aromatic carbocycles. The summed E-state index contributed by atoms with van der Waals surface area (Å²) in [5, 5.41) is 3.82. The van der Waals surface area contributed by atoms with Crippen molar-refractivity contribution in [1.82, 2.24) is 4.98 Å². The summed E-state index contributed by atoms with van der Waals surface area (Å²) in [5.74, 6) is -0.441. The fraction of sp³-hybridized carbons (Fsp3) is 0.0800. The van der Waals surface area contributed by atoms with Crippen molar-refractivity contribution in [3.05, 3.63) is 96.2 Å². The Hall–Kier alpha value is -3.84. The maximum absolute atomic E-state index is 12.7. The largest absolute Gasteiger partial charge is 0.487 e. The van der Waals surface area contributed by atoms with Crippen LogP contribution in [0.3, 0.4) is 0 Å². The molecule has 1 amide bonds. The predicted octanol–water partition coefficient (Wildman–Crippen LogP) is 5.04. The van der Waals surface area contributed by atoms with E-state index in [9.17, 15) is 9.59 Å². The fourth-order valence-electron chi connectivity index (χ4n) is 3.33. The second kappa shape index (κ2) is 8.72. The molecule has 0 spiro atoms. The fourth-order valence-corrected chi connectivity index (χ4v) is 4.27. The van der Waals surface area contributed by atoms with Crippen molar-refractivity contribution in [2.75, 3.05) is 5.32 Å². The molecule has 1 unspecified atom stereocenters. The number of hydrogen-bond donors (Lipinski definition) is 1. The molecular formula is C25H18N2O4S. The normalized spacial score (nSPS) is 15.0. The number of carbonyl (C=O) groups is 2. The van der Waals surface area contributed by atoms with Gasteiger partial charge in [-0.15, -0.1) is 0 Å². The van der Waals surface area contributed by atoms with Gasteiger partial charge in [0.1, 0.15) is 12.4 Å². The number of carbonyl (C=O) groups excluding carboxylic acids is 2. The quantitative estimate of drug-likeness (QED) is 0.436. The molecule has 4 aromatic rings. The minimum Gasteiger partial charge on any atom is -0.487 e. The van der Waals surface area contributed by atoms with Crippen molar-refractivity contribution < 1.29 is 19.1 Å². The van der Waals surface area contributed by atoms with Gasteiger partial charge in [0.15, 0.2) is 0 Å². The Bertz CT molecular complexity index is 1320. The van der Waals surface area contributed by atoms with Crippen LogP contribution in [0.5, 0.6) is 5.75 Å². The van der Waals surface area contributed by atoms with Crippen LogP contribution >= 0.6 is 11.8 Å². The highest BCUT2D eigenvalue weighted by Gasteiger charge is 2.30. The van der Waals surface area contributed by atoms with Gasteiger partial charge in [0.25, 0.3) is 5.91 Å². The van der Waals surface area contributed by atoms with Gasteiger partial charge in [-0.3, -0.25) is 4.79 Å². The standard InChI is InChI=1S/C25H18N2O4S/c28-23-25(32-22-11-4-3-10-21(22)27-23)31-24(29)17-7-5-8-19(14-17)30-15-18-13-12-16-6-1-2-9-20(16)26-18/h1-14,25H,15H2,(H,27,28). The Morgan fingerprint density at radius 2 is 1.81 bits per heavy atom. The lowest BCUT2D eigenvalue weighted by atomic mass is 10.2. The number of thioether (sulfide) groups is 1. The van der Waals surface area contributed by atoms with Gasteiger partial charge >= 0.3 is 5.97 Å². The Morgan fingerprint density at radius 1 is 0.969 bits per heavy atom. The lowest BCUT2D eigenvalue weighted by Crippen LogP contribution is -2.32. The zero-order chi connectivity index (χ0) is 21.9. The zero-order valence-corrected chi connectivity index (χ0v) is 17.7. The number of aromatic nitrogens is 1. The summed E-state index contributed by atoms with van der Waals surface area (Å²) in [6.45, 7) is 0.265. The molecule has 0 radical (unpaired) electrons. The van der Waals surface area contributed by atoms with Crippen molar-refractivity contribution in [3.8, 4) is 5.75 Å². The highest BCUT2D eigenvalue weighted by Crippen LogP contribution is 2.36. The first kappa shape index (κ1) is 20.1. The Kier molecular flexibility index (Phi) is 5.47. The summed E-state index contributed by atoms with van der Waals surface area (Å²) in [5.41, 5.74) is 1.75. The summed E-state index contributed by atoms with van der Waals surface area (Å²) in [6.07, 6.45) is 0. The van der Waals surface area contributed by atoms with E-state index in [4.69, 9.17) is 9.47 Å². The minimum atomic E-state index is -0.955. The van der Waals surface area contributed by atoms with Gasteiger partial charge in [0.2, 0.25) is 5.44 Å². The molecule has 1 aliphatic heterocycles. The molecule has 32 heavy (non-hydrogen) atoms. The number of rotatable bonds is 5. The second-order valence-corrected chi connectivity index (χ2v) is 8.26. The van der Waals surface area contributed by atoms with Gasteiger partial charge in [0.05, 0.1) is 22.5 Å². The number of para-hydroxylation sites is 2. The molecule has 2 heterocycles. The lowest BCUT2D eigenvalue weighted by Gasteiger charge is -2.23. The summed E-state index contributed by atoms with van der Waals surface area (Å²) in [7, 11) is 0. The number of nitrogens with zero attached hydrogens (tertiary/aromatic N) is 1. The molecule has 0 saturated carbocycles. The number of esters is 1. The molecule has 7 heteroatoms. The van der Waals surface area contributed by atoms with E-state index in [1.807, 2.05) is 60.7 Å². The minimum absolute atomic E-state index is 0.265. The predicted molar refractivity (Wildman–Crippen MR) is 123 cm³/mol. The van der Waals surface area contributed by atoms with Crippen LogP contribution in [0.25, 0.3) is 10.9 Å². The highest BCUT2D eigenvalue weighted by molar-refractivity contribution is 8.00. The Balaban J connectivity index is 1.25. The van der Waals surface area contributed by atoms with Crippen LogP contribution in [0.15, 0.2) is 89.8 Å². The molecule has 0 saturated heterocycles. The number of pyridine rings is 1. The van der Waals surface area contributed by atoms with Crippen molar-refractivity contribution in [2.24, 2.45) is 0 Å². The first-order chi connectivity index (χ1) is 15.7. The van der Waals surface area contributed by atoms with Gasteiger partial charge in [-0.25, -0.2) is 9.78 Å². The van der Waals surface area contributed by atoms with Crippen LogP contribution in [-0.4, -0.2) is 22.3 Å². The topological polar surface area (TPSA) is 77.5 Å². The van der Waals surface area contributed by atoms with Crippen LogP contribution in [0.4, 0.5) is 5.69 Å². The third-order valence-electron chi connectivity index (χ3n) is 4.92. The van der Waals surface area contributed by atoms with Gasteiger partial charge < -0.3 is 14.8 Å². The summed E-state index contributed by atoms with van der Waals surface area (Å²) >= 11 is 1.21. The van der Waals surface area contributed by atoms with Crippen molar-refractivity contribution in [1.29, 1.82) is 0 Å². The summed E-state index contributed by atoms with van der Waals surface area (Å²) in [4.78, 5) is 30.4. The molecule has 0 bridgehead atoms. The van der Waals surface area contributed by atoms with Crippen LogP contribution in [0.2, 0.25) is 0 Å². The number of anilines is 1. The zero-order valence-electron chi connectivity index (χ0n) is 16.9. The smallest absolute Gasteiger partial charge is 0.339 e. The van der Waals surface area contributed by atoms with Crippen LogP contribution in [0.1, 0.15) is 16.1 Å². The summed E-state index contributed by atoms with van der Waals surface area (Å²) < 4.78 is 11.3. The van der Waals surface area contributed by atoms with Crippen molar-refractivity contribution in [2.45, 2.75) is 16.9 Å². The molecule has 1 aromatic heterocycles. The molecule has 6 nitrogen and oxygen atoms in total. The Labute approximate surface area is 188 Å². The molecule has 1 N–H and O–H groups in total. The molecule has 0 fully saturated rings. The number of benzene rings is 3. The third kappa shape index (κ3) is 4.29. The SMILES string of the molecule is O=C(OC1Sc2ccccc2NC1=O)c1cccc(OCc2ccc3ccccc3n2)c1. The van der Waals surface area contributed by atoms with E-state index in [2.05, 4.69) is 10.3 Å². The number of fused-ring (bicyclic) bond motifs is 2. The first-order valence-corrected chi connectivity index (χ1v) is 10.9. The van der Waals surface area contributed by atoms with Crippen molar-refractivity contribution in [3.63, 3.8) is 0 Å². The molecule has 5 rings (SSSR count). The maximum Gasteiger partial charge on any atom is 0.339 e. The van der Waals surface area contributed by atoms with Gasteiger partial charge in [0, 0.05) is 10.3 Å². The second-order valence-electron chi connectivity index (χ2n) is 7.15. The maximum atomic E-state index is 12.7. The van der Waals surface area contributed by atoms with Gasteiger partial charge in [-0.05, 0) is 42.5 Å².